The van der Waals surface area contributed by atoms with Crippen LogP contribution in [0.15, 0.2) is 114 Å². The van der Waals surface area contributed by atoms with Crippen LogP contribution in [-0.2, 0) is 20.5 Å². The Bertz CT molecular complexity index is 2600. The number of aromatic nitrogens is 3. The monoisotopic (exact) mass is 885 g/mol. The maximum absolute atomic E-state index is 13.5. The number of carbonyl (C=O) groups excluding carboxylic acids is 2. The lowest BCUT2D eigenvalue weighted by Gasteiger charge is -2.39. The number of anilines is 2. The summed E-state index contributed by atoms with van der Waals surface area (Å²) in [6.45, 7) is 13.7. The van der Waals surface area contributed by atoms with E-state index in [4.69, 9.17) is 13.9 Å². The van der Waals surface area contributed by atoms with Gasteiger partial charge >= 0.3 is 6.09 Å². The largest absolute Gasteiger partial charge is 0.506 e. The molecular formula is C49H59N7O7Si. The third-order valence-corrected chi connectivity index (χ3v) is 16.8. The Morgan fingerprint density at radius 2 is 1.69 bits per heavy atom. The SMILES string of the molecule is COc1cc(NC(=O)CCN2CCC(OC(=O)Nc3ccccc3-c3ccccc3)CC2)c(-n2cccn2)cc1CNC[C@H](O[Si](C)(C)C(C)(C)C)c1ccc(O)c2[nH]c(=O)ccc12. The minimum atomic E-state index is -2.30. The van der Waals surface area contributed by atoms with Gasteiger partial charge in [0.2, 0.25) is 11.5 Å². The fourth-order valence-electron chi connectivity index (χ4n) is 7.74. The minimum Gasteiger partial charge on any atom is -0.506 e. The maximum atomic E-state index is 13.5. The second-order valence-electron chi connectivity index (χ2n) is 17.7. The summed E-state index contributed by atoms with van der Waals surface area (Å²) in [5.41, 5.74) is 5.63. The van der Waals surface area contributed by atoms with Crippen molar-refractivity contribution in [3.05, 3.63) is 131 Å². The van der Waals surface area contributed by atoms with Gasteiger partial charge in [-0.05, 0) is 72.4 Å². The van der Waals surface area contributed by atoms with E-state index in [0.29, 0.717) is 79.3 Å². The lowest BCUT2D eigenvalue weighted by molar-refractivity contribution is -0.116. The van der Waals surface area contributed by atoms with Crippen molar-refractivity contribution in [2.45, 2.75) is 76.9 Å². The zero-order valence-electron chi connectivity index (χ0n) is 37.4. The van der Waals surface area contributed by atoms with Crippen LogP contribution in [0.5, 0.6) is 11.5 Å². The summed E-state index contributed by atoms with van der Waals surface area (Å²) in [6.07, 6.45) is 4.01. The molecule has 15 heteroatoms. The number of likely N-dealkylation sites (tertiary alicyclic amines) is 1. The molecule has 7 rings (SSSR count). The number of aromatic hydroxyl groups is 1. The molecule has 0 bridgehead atoms. The van der Waals surface area contributed by atoms with E-state index in [1.807, 2.05) is 85.1 Å². The van der Waals surface area contributed by atoms with Crippen molar-refractivity contribution in [1.29, 1.82) is 0 Å². The Hall–Kier alpha value is -6.26. The number of ether oxygens (including phenoxy) is 2. The number of phenolic OH excluding ortho intramolecular Hbond substituents is 1. The van der Waals surface area contributed by atoms with Crippen LogP contribution in [0.25, 0.3) is 27.7 Å². The van der Waals surface area contributed by atoms with Crippen LogP contribution in [0, 0.1) is 0 Å². The highest BCUT2D eigenvalue weighted by atomic mass is 28.4. The number of aromatic amines is 1. The lowest BCUT2D eigenvalue weighted by atomic mass is 10.0. The van der Waals surface area contributed by atoms with Crippen LogP contribution in [0.4, 0.5) is 16.2 Å². The van der Waals surface area contributed by atoms with Gasteiger partial charge in [0, 0.05) is 80.2 Å². The number of fused-ring (bicyclic) bond motifs is 1. The molecular weight excluding hydrogens is 827 g/mol. The number of hydrogen-bond acceptors (Lipinski definition) is 10. The second-order valence-corrected chi connectivity index (χ2v) is 22.5. The van der Waals surface area contributed by atoms with Crippen LogP contribution in [0.3, 0.4) is 0 Å². The molecule has 3 heterocycles. The Morgan fingerprint density at radius 3 is 2.41 bits per heavy atom. The number of piperidine rings is 1. The second kappa shape index (κ2) is 20.1. The topological polar surface area (TPSA) is 172 Å². The van der Waals surface area contributed by atoms with Gasteiger partial charge in [-0.25, -0.2) is 9.48 Å². The van der Waals surface area contributed by atoms with Crippen molar-refractivity contribution in [3.8, 4) is 28.3 Å². The Kier molecular flexibility index (Phi) is 14.3. The average Bonchev–Trinajstić information content (AvgIpc) is 3.82. The summed E-state index contributed by atoms with van der Waals surface area (Å²) in [5, 5.41) is 25.4. The molecule has 336 valence electrons. The van der Waals surface area contributed by atoms with Crippen molar-refractivity contribution in [1.82, 2.24) is 25.0 Å². The average molecular weight is 886 g/mol. The number of rotatable bonds is 16. The van der Waals surface area contributed by atoms with Gasteiger partial charge in [0.05, 0.1) is 35.8 Å². The van der Waals surface area contributed by atoms with E-state index in [1.54, 1.807) is 30.1 Å². The number of methoxy groups -OCH3 is 1. The number of amides is 2. The number of carbonyl (C=O) groups is 2. The van der Waals surface area contributed by atoms with Gasteiger partial charge in [-0.2, -0.15) is 5.10 Å². The van der Waals surface area contributed by atoms with Crippen molar-refractivity contribution in [2.24, 2.45) is 0 Å². The highest BCUT2D eigenvalue weighted by Gasteiger charge is 2.40. The Balaban J connectivity index is 0.974. The highest BCUT2D eigenvalue weighted by Crippen LogP contribution is 2.41. The van der Waals surface area contributed by atoms with Gasteiger partial charge in [0.25, 0.3) is 0 Å². The molecule has 1 saturated heterocycles. The predicted molar refractivity (Wildman–Crippen MR) is 254 cm³/mol. The summed E-state index contributed by atoms with van der Waals surface area (Å²) in [6, 6.07) is 29.8. The molecule has 4 aromatic carbocycles. The van der Waals surface area contributed by atoms with Gasteiger partial charge in [-0.15, -0.1) is 0 Å². The molecule has 0 radical (unpaired) electrons. The van der Waals surface area contributed by atoms with Gasteiger partial charge in [0.1, 0.15) is 17.6 Å². The first-order valence-corrected chi connectivity index (χ1v) is 24.7. The van der Waals surface area contributed by atoms with Crippen molar-refractivity contribution in [3.63, 3.8) is 0 Å². The van der Waals surface area contributed by atoms with E-state index in [1.165, 1.54) is 6.07 Å². The number of para-hydroxylation sites is 1. The van der Waals surface area contributed by atoms with E-state index in [2.05, 4.69) is 64.8 Å². The Morgan fingerprint density at radius 1 is 0.938 bits per heavy atom. The summed E-state index contributed by atoms with van der Waals surface area (Å²) in [4.78, 5) is 43.7. The van der Waals surface area contributed by atoms with E-state index in [-0.39, 0.29) is 34.8 Å². The van der Waals surface area contributed by atoms with Crippen LogP contribution in [0.2, 0.25) is 18.1 Å². The predicted octanol–water partition coefficient (Wildman–Crippen LogP) is 8.99. The molecule has 0 aliphatic carbocycles. The maximum Gasteiger partial charge on any atom is 0.411 e. The van der Waals surface area contributed by atoms with Crippen molar-refractivity contribution < 1.29 is 28.6 Å². The third kappa shape index (κ3) is 11.1. The minimum absolute atomic E-state index is 0.00560. The smallest absolute Gasteiger partial charge is 0.411 e. The number of H-pyrrole nitrogens is 1. The summed E-state index contributed by atoms with van der Waals surface area (Å²) in [5.74, 6) is 0.432. The fraction of sp³-hybridized carbons (Fsp3) is 0.347. The van der Waals surface area contributed by atoms with Crippen LogP contribution < -0.4 is 26.2 Å². The molecule has 0 saturated carbocycles. The molecule has 5 N–H and O–H groups in total. The number of pyridine rings is 1. The first kappa shape index (κ1) is 45.8. The zero-order chi connectivity index (χ0) is 45.4. The molecule has 1 fully saturated rings. The molecule has 0 spiro atoms. The van der Waals surface area contributed by atoms with Crippen LogP contribution >= 0.6 is 0 Å². The molecule has 1 aliphatic heterocycles. The van der Waals surface area contributed by atoms with E-state index >= 15 is 0 Å². The molecule has 2 amide bonds. The van der Waals surface area contributed by atoms with Crippen molar-refractivity contribution >= 4 is 42.6 Å². The molecule has 64 heavy (non-hydrogen) atoms. The highest BCUT2D eigenvalue weighted by molar-refractivity contribution is 6.74. The number of phenols is 1. The summed E-state index contributed by atoms with van der Waals surface area (Å²) in [7, 11) is -0.700. The first-order valence-electron chi connectivity index (χ1n) is 21.8. The molecule has 1 atom stereocenters. The van der Waals surface area contributed by atoms with Crippen LogP contribution in [0.1, 0.15) is 57.3 Å². The lowest BCUT2D eigenvalue weighted by Crippen LogP contribution is -2.43. The number of nitrogens with zero attached hydrogens (tertiary/aromatic N) is 3. The fourth-order valence-corrected chi connectivity index (χ4v) is 9.02. The number of nitrogens with one attached hydrogen (secondary N) is 4. The first-order chi connectivity index (χ1) is 30.7. The summed E-state index contributed by atoms with van der Waals surface area (Å²) >= 11 is 0. The van der Waals surface area contributed by atoms with Gasteiger partial charge in [-0.1, -0.05) is 75.4 Å². The molecule has 1 aliphatic rings. The van der Waals surface area contributed by atoms with Gasteiger partial charge in [0.15, 0.2) is 8.32 Å². The zero-order valence-corrected chi connectivity index (χ0v) is 38.4. The number of benzene rings is 4. The standard InChI is InChI=1S/C49H59N7O7Si/c1-49(2,3)64(5,6)63-44(37-17-19-42(57)47-38(37)18-20-45(58)54-47)32-50-31-34-29-41(56-25-12-24-51-56)40(30-43(34)61-4)52-46(59)23-28-55-26-21-35(22-27-55)62-48(60)53-39-16-11-10-15-36(39)33-13-8-7-9-14-33/h7-20,24-25,29-30,35,44,50,57H,21-23,26-28,31-32H2,1-6H3,(H,52,59)(H,53,60)(H,54,58)/t44-/m0/s1. The van der Waals surface area contributed by atoms with E-state index < -0.39 is 20.5 Å². The van der Waals surface area contributed by atoms with Crippen molar-refractivity contribution in [2.75, 3.05) is 43.9 Å². The molecule has 6 aromatic rings. The molecule has 0 unspecified atom stereocenters. The molecule has 14 nitrogen and oxygen atoms in total. The van der Waals surface area contributed by atoms with Gasteiger partial charge < -0.3 is 39.5 Å². The Labute approximate surface area is 375 Å². The van der Waals surface area contributed by atoms with E-state index in [0.717, 1.165) is 22.3 Å². The summed E-state index contributed by atoms with van der Waals surface area (Å²) < 4.78 is 20.4. The number of hydrogen-bond donors (Lipinski definition) is 5. The normalized spacial score (nSPS) is 14.3. The van der Waals surface area contributed by atoms with E-state index in [9.17, 15) is 19.5 Å². The van der Waals surface area contributed by atoms with Gasteiger partial charge in [-0.3, -0.25) is 14.9 Å². The molecule has 2 aromatic heterocycles. The third-order valence-electron chi connectivity index (χ3n) is 12.3. The van der Waals surface area contributed by atoms with Crippen LogP contribution in [-0.4, -0.2) is 84.5 Å². The quantitative estimate of drug-likeness (QED) is 0.0591.